The molecule has 1 aromatic rings. The van der Waals surface area contributed by atoms with Gasteiger partial charge in [0.2, 0.25) is 0 Å². The zero-order valence-corrected chi connectivity index (χ0v) is 15.4. The maximum Gasteiger partial charge on any atom is 0.338 e. The SMILES string of the molecule is CCOC12CC(C)(C)C(O1)C(OC(=O)c1ccc([N+](=O)[O-])cc1)C=C2C. The molecule has 2 aliphatic rings. The monoisotopic (exact) mass is 361 g/mol. The van der Waals surface area contributed by atoms with Crippen molar-refractivity contribution in [2.45, 2.75) is 52.1 Å². The van der Waals surface area contributed by atoms with Crippen molar-refractivity contribution in [1.29, 1.82) is 0 Å². The van der Waals surface area contributed by atoms with Gasteiger partial charge in [-0.05, 0) is 37.6 Å². The summed E-state index contributed by atoms with van der Waals surface area (Å²) < 4.78 is 17.8. The zero-order valence-electron chi connectivity index (χ0n) is 15.4. The maximum absolute atomic E-state index is 12.5. The molecule has 140 valence electrons. The summed E-state index contributed by atoms with van der Waals surface area (Å²) >= 11 is 0. The molecule has 0 aromatic heterocycles. The Hall–Kier alpha value is -2.25. The summed E-state index contributed by atoms with van der Waals surface area (Å²) in [7, 11) is 0. The van der Waals surface area contributed by atoms with E-state index in [2.05, 4.69) is 13.8 Å². The van der Waals surface area contributed by atoms with Gasteiger partial charge in [0, 0.05) is 30.6 Å². The van der Waals surface area contributed by atoms with Crippen molar-refractivity contribution in [2.75, 3.05) is 6.61 Å². The van der Waals surface area contributed by atoms with Crippen LogP contribution in [0.2, 0.25) is 0 Å². The van der Waals surface area contributed by atoms with Gasteiger partial charge >= 0.3 is 5.97 Å². The van der Waals surface area contributed by atoms with Gasteiger partial charge in [-0.25, -0.2) is 4.79 Å². The lowest BCUT2D eigenvalue weighted by molar-refractivity contribution is -0.384. The second-order valence-corrected chi connectivity index (χ2v) is 7.41. The first kappa shape index (κ1) is 18.5. The summed E-state index contributed by atoms with van der Waals surface area (Å²) in [5.74, 6) is -1.29. The highest BCUT2D eigenvalue weighted by atomic mass is 16.7. The van der Waals surface area contributed by atoms with Crippen molar-refractivity contribution in [3.63, 3.8) is 0 Å². The van der Waals surface area contributed by atoms with Crippen molar-refractivity contribution < 1.29 is 23.9 Å². The molecule has 2 bridgehead atoms. The number of hydrogen-bond donors (Lipinski definition) is 0. The second kappa shape index (κ2) is 6.48. The fraction of sp³-hybridized carbons (Fsp3) is 0.526. The number of nitro groups is 1. The Morgan fingerprint density at radius 2 is 2.00 bits per heavy atom. The van der Waals surface area contributed by atoms with Crippen molar-refractivity contribution in [3.8, 4) is 0 Å². The average Bonchev–Trinajstić information content (AvgIpc) is 2.82. The highest BCUT2D eigenvalue weighted by Crippen LogP contribution is 2.52. The third-order valence-electron chi connectivity index (χ3n) is 5.02. The molecule has 0 radical (unpaired) electrons. The standard InChI is InChI=1S/C19H23NO6/c1-5-24-19-11-18(3,4)16(26-19)15(10-12(19)2)25-17(21)13-6-8-14(9-7-13)20(22)23/h6-10,15-16H,5,11H2,1-4H3. The van der Waals surface area contributed by atoms with E-state index in [1.54, 1.807) is 0 Å². The molecule has 0 spiro atoms. The van der Waals surface area contributed by atoms with Gasteiger partial charge in [-0.2, -0.15) is 0 Å². The van der Waals surface area contributed by atoms with Gasteiger partial charge in [0.1, 0.15) is 12.2 Å². The summed E-state index contributed by atoms with van der Waals surface area (Å²) in [6.45, 7) is 8.50. The van der Waals surface area contributed by atoms with Crippen molar-refractivity contribution in [2.24, 2.45) is 5.41 Å². The molecule has 0 N–H and O–H groups in total. The number of ether oxygens (including phenoxy) is 3. The minimum Gasteiger partial charge on any atom is -0.452 e. The average molecular weight is 361 g/mol. The predicted molar refractivity (Wildman–Crippen MR) is 93.7 cm³/mol. The second-order valence-electron chi connectivity index (χ2n) is 7.41. The number of hydrogen-bond acceptors (Lipinski definition) is 6. The van der Waals surface area contributed by atoms with Crippen LogP contribution in [0.15, 0.2) is 35.9 Å². The third-order valence-corrected chi connectivity index (χ3v) is 5.02. The summed E-state index contributed by atoms with van der Waals surface area (Å²) in [4.78, 5) is 22.7. The Balaban J connectivity index is 1.81. The van der Waals surface area contributed by atoms with Crippen LogP contribution in [-0.2, 0) is 14.2 Å². The molecule has 2 aliphatic heterocycles. The van der Waals surface area contributed by atoms with Gasteiger partial charge < -0.3 is 14.2 Å². The van der Waals surface area contributed by atoms with Crippen LogP contribution in [0.5, 0.6) is 0 Å². The number of esters is 1. The van der Waals surface area contributed by atoms with Crippen molar-refractivity contribution in [3.05, 3.63) is 51.6 Å². The Kier molecular flexibility index (Phi) is 4.62. The molecule has 1 saturated heterocycles. The number of fused-ring (bicyclic) bond motifs is 2. The molecule has 7 nitrogen and oxygen atoms in total. The number of carbonyl (C=O) groups is 1. The lowest BCUT2D eigenvalue weighted by atomic mass is 9.82. The number of carbonyl (C=O) groups excluding carboxylic acids is 1. The Morgan fingerprint density at radius 3 is 2.58 bits per heavy atom. The zero-order chi connectivity index (χ0) is 19.1. The summed E-state index contributed by atoms with van der Waals surface area (Å²) in [6, 6.07) is 5.36. The molecule has 7 heteroatoms. The largest absolute Gasteiger partial charge is 0.452 e. The highest BCUT2D eigenvalue weighted by Gasteiger charge is 2.58. The van der Waals surface area contributed by atoms with E-state index in [1.807, 2.05) is 19.9 Å². The predicted octanol–water partition coefficient (Wildman–Crippen LogP) is 3.63. The van der Waals surface area contributed by atoms with Crippen molar-refractivity contribution in [1.82, 2.24) is 0 Å². The van der Waals surface area contributed by atoms with Crippen LogP contribution in [0.3, 0.4) is 0 Å². The molecule has 3 rings (SSSR count). The molecule has 0 amide bonds. The molecule has 2 heterocycles. The van der Waals surface area contributed by atoms with Crippen LogP contribution >= 0.6 is 0 Å². The Morgan fingerprint density at radius 1 is 1.35 bits per heavy atom. The van der Waals surface area contributed by atoms with Gasteiger partial charge in [-0.3, -0.25) is 10.1 Å². The quantitative estimate of drug-likeness (QED) is 0.344. The third kappa shape index (κ3) is 3.12. The summed E-state index contributed by atoms with van der Waals surface area (Å²) in [6.07, 6.45) is 1.72. The summed E-state index contributed by atoms with van der Waals surface area (Å²) in [5, 5.41) is 10.7. The number of rotatable bonds is 5. The van der Waals surface area contributed by atoms with E-state index >= 15 is 0 Å². The van der Waals surface area contributed by atoms with Crippen LogP contribution < -0.4 is 0 Å². The molecular weight excluding hydrogens is 338 g/mol. The van der Waals surface area contributed by atoms with Gasteiger partial charge in [0.05, 0.1) is 10.5 Å². The molecule has 3 unspecified atom stereocenters. The molecule has 26 heavy (non-hydrogen) atoms. The van der Waals surface area contributed by atoms with E-state index < -0.39 is 22.8 Å². The summed E-state index contributed by atoms with van der Waals surface area (Å²) in [5.41, 5.74) is 0.850. The smallest absolute Gasteiger partial charge is 0.338 e. The number of nitro benzene ring substituents is 1. The van der Waals surface area contributed by atoms with Crippen LogP contribution in [0.1, 0.15) is 44.5 Å². The van der Waals surface area contributed by atoms with Crippen LogP contribution in [0, 0.1) is 15.5 Å². The Bertz CT molecular complexity index is 754. The van der Waals surface area contributed by atoms with Gasteiger partial charge in [-0.1, -0.05) is 13.8 Å². The van der Waals surface area contributed by atoms with Crippen LogP contribution in [0.4, 0.5) is 5.69 Å². The Labute approximate surface area is 152 Å². The van der Waals surface area contributed by atoms with Crippen LogP contribution in [0.25, 0.3) is 0 Å². The maximum atomic E-state index is 12.5. The topological polar surface area (TPSA) is 87.9 Å². The lowest BCUT2D eigenvalue weighted by Crippen LogP contribution is -2.44. The first-order chi connectivity index (χ1) is 12.2. The fourth-order valence-corrected chi connectivity index (χ4v) is 3.75. The lowest BCUT2D eigenvalue weighted by Gasteiger charge is -2.36. The minimum absolute atomic E-state index is 0.0725. The number of non-ortho nitro benzene ring substituents is 1. The molecular formula is C19H23NO6. The van der Waals surface area contributed by atoms with Gasteiger partial charge in [0.15, 0.2) is 5.79 Å². The van der Waals surface area contributed by atoms with Gasteiger partial charge in [0.25, 0.3) is 5.69 Å². The number of benzene rings is 1. The van der Waals surface area contributed by atoms with E-state index in [9.17, 15) is 14.9 Å². The fourth-order valence-electron chi connectivity index (χ4n) is 3.75. The van der Waals surface area contributed by atoms with E-state index in [0.717, 1.165) is 5.57 Å². The van der Waals surface area contributed by atoms with E-state index in [4.69, 9.17) is 14.2 Å². The first-order valence-electron chi connectivity index (χ1n) is 8.64. The molecule has 0 aliphatic carbocycles. The highest BCUT2D eigenvalue weighted by molar-refractivity contribution is 5.89. The van der Waals surface area contributed by atoms with E-state index in [1.165, 1.54) is 24.3 Å². The normalized spacial score (nSPS) is 29.2. The minimum atomic E-state index is -0.751. The van der Waals surface area contributed by atoms with Gasteiger partial charge in [-0.15, -0.1) is 0 Å². The van der Waals surface area contributed by atoms with E-state index in [-0.39, 0.29) is 22.8 Å². The molecule has 0 saturated carbocycles. The van der Waals surface area contributed by atoms with E-state index in [0.29, 0.717) is 13.0 Å². The molecule has 3 atom stereocenters. The number of nitrogens with zero attached hydrogens (tertiary/aromatic N) is 1. The molecule has 1 fully saturated rings. The first-order valence-corrected chi connectivity index (χ1v) is 8.64. The van der Waals surface area contributed by atoms with Crippen LogP contribution in [-0.4, -0.2) is 35.5 Å². The molecule has 1 aromatic carbocycles. The van der Waals surface area contributed by atoms with Crippen molar-refractivity contribution >= 4 is 11.7 Å².